The van der Waals surface area contributed by atoms with Crippen LogP contribution in [0.25, 0.3) is 5.57 Å². The van der Waals surface area contributed by atoms with Gasteiger partial charge in [0.1, 0.15) is 17.9 Å². The second-order valence-electron chi connectivity index (χ2n) is 6.11. The van der Waals surface area contributed by atoms with Crippen LogP contribution in [0.1, 0.15) is 47.2 Å². The van der Waals surface area contributed by atoms with E-state index >= 15 is 0 Å². The van der Waals surface area contributed by atoms with Gasteiger partial charge in [0.05, 0.1) is 1.37 Å². The molecule has 2 rings (SSSR count). The van der Waals surface area contributed by atoms with Gasteiger partial charge in [0.15, 0.2) is 5.82 Å². The first-order valence-electron chi connectivity index (χ1n) is 8.38. The van der Waals surface area contributed by atoms with Crippen molar-refractivity contribution >= 4 is 17.5 Å². The van der Waals surface area contributed by atoms with Gasteiger partial charge in [-0.1, -0.05) is 0 Å². The zero-order valence-electron chi connectivity index (χ0n) is 15.1. The Balaban J connectivity index is 2.47. The average Bonchev–Trinajstić information content (AvgIpc) is 2.48. The first kappa shape index (κ1) is 17.8. The van der Waals surface area contributed by atoms with E-state index in [0.717, 1.165) is 6.92 Å². The van der Waals surface area contributed by atoms with E-state index in [1.54, 1.807) is 13.8 Å². The van der Waals surface area contributed by atoms with Crippen LogP contribution in [0, 0.1) is 0 Å². The molecule has 2 atom stereocenters. The van der Waals surface area contributed by atoms with Crippen LogP contribution in [-0.2, 0) is 0 Å². The zero-order valence-corrected chi connectivity index (χ0v) is 14.1. The van der Waals surface area contributed by atoms with Crippen molar-refractivity contribution in [3.8, 4) is 0 Å². The summed E-state index contributed by atoms with van der Waals surface area (Å²) < 4.78 is 60.4. The molecule has 10 heteroatoms. The molecule has 0 saturated carbocycles. The Labute approximate surface area is 144 Å². The smallest absolute Gasteiger partial charge is 0.386 e. The van der Waals surface area contributed by atoms with E-state index in [0.29, 0.717) is 6.42 Å². The summed E-state index contributed by atoms with van der Waals surface area (Å²) in [6.45, 7) is 4.46. The quantitative estimate of drug-likeness (QED) is 0.696. The predicted molar refractivity (Wildman–Crippen MR) is 85.6 cm³/mol. The molecule has 0 radical (unpaired) electrons. The predicted octanol–water partition coefficient (Wildman–Crippen LogP) is 3.28. The number of halogens is 4. The average molecular weight is 364 g/mol. The molecule has 1 aromatic heterocycles. The van der Waals surface area contributed by atoms with Crippen molar-refractivity contribution in [2.75, 3.05) is 10.6 Å². The maximum atomic E-state index is 14.4. The van der Waals surface area contributed by atoms with Crippen LogP contribution < -0.4 is 10.6 Å². The van der Waals surface area contributed by atoms with E-state index in [2.05, 4.69) is 25.6 Å². The van der Waals surface area contributed by atoms with Crippen LogP contribution in [0.15, 0.2) is 5.83 Å². The number of allylic oxidation sites excluding steroid dienone is 1. The van der Waals surface area contributed by atoms with Gasteiger partial charge in [0, 0.05) is 11.6 Å². The molecule has 140 valence electrons. The molecule has 6 nitrogen and oxygen atoms in total. The fraction of sp³-hybridized carbons (Fsp3) is 0.667. The van der Waals surface area contributed by atoms with E-state index in [4.69, 9.17) is 1.37 Å². The number of aromatic nitrogens is 3. The van der Waals surface area contributed by atoms with E-state index in [-0.39, 0.29) is 42.2 Å². The lowest BCUT2D eigenvalue weighted by Crippen LogP contribution is -2.34. The minimum Gasteiger partial charge on any atom is -0.386 e. The molecule has 25 heavy (non-hydrogen) atoms. The van der Waals surface area contributed by atoms with Gasteiger partial charge in [0.25, 0.3) is 0 Å². The molecule has 0 aliphatic heterocycles. The number of nitrogens with one attached hydrogen (secondary N) is 2. The highest BCUT2D eigenvalue weighted by Crippen LogP contribution is 2.32. The molecule has 0 spiro atoms. The highest BCUT2D eigenvalue weighted by atomic mass is 19.4. The van der Waals surface area contributed by atoms with Gasteiger partial charge in [-0.2, -0.15) is 28.1 Å². The summed E-state index contributed by atoms with van der Waals surface area (Å²) >= 11 is 0. The molecule has 0 bridgehead atoms. The third-order valence-corrected chi connectivity index (χ3v) is 3.52. The molecule has 0 amide bonds. The largest absolute Gasteiger partial charge is 0.408 e. The van der Waals surface area contributed by atoms with Crippen LogP contribution in [0.2, 0.25) is 0 Å². The van der Waals surface area contributed by atoms with Gasteiger partial charge < -0.3 is 15.7 Å². The van der Waals surface area contributed by atoms with E-state index in [1.807, 2.05) is 0 Å². The third-order valence-electron chi connectivity index (χ3n) is 3.52. The minimum atomic E-state index is -4.52. The summed E-state index contributed by atoms with van der Waals surface area (Å²) in [5.74, 6) is -1.70. The van der Waals surface area contributed by atoms with Gasteiger partial charge in [-0.25, -0.2) is 4.39 Å². The van der Waals surface area contributed by atoms with Gasteiger partial charge in [-0.3, -0.25) is 0 Å². The molecule has 0 fully saturated rings. The van der Waals surface area contributed by atoms with Crippen LogP contribution in [0.4, 0.5) is 29.5 Å². The lowest BCUT2D eigenvalue weighted by Gasteiger charge is -2.21. The molecular weight excluding hydrogens is 342 g/mol. The monoisotopic (exact) mass is 364 g/mol. The number of hydrogen-bond acceptors (Lipinski definition) is 6. The summed E-state index contributed by atoms with van der Waals surface area (Å²) in [7, 11) is 0. The summed E-state index contributed by atoms with van der Waals surface area (Å²) in [4.78, 5) is 11.8. The summed E-state index contributed by atoms with van der Waals surface area (Å²) in [6.07, 6.45) is -6.51. The Hall–Kier alpha value is -1.97. The number of hydrogen-bond donors (Lipinski definition) is 3. The van der Waals surface area contributed by atoms with E-state index in [9.17, 15) is 22.7 Å². The van der Waals surface area contributed by atoms with Crippen molar-refractivity contribution in [3.63, 3.8) is 0 Å². The van der Waals surface area contributed by atoms with Crippen molar-refractivity contribution in [3.05, 3.63) is 11.7 Å². The summed E-state index contributed by atoms with van der Waals surface area (Å²) in [5.41, 5.74) is -0.106. The van der Waals surface area contributed by atoms with Crippen molar-refractivity contribution in [2.45, 2.75) is 64.4 Å². The van der Waals surface area contributed by atoms with Crippen LogP contribution in [0.3, 0.4) is 0 Å². The number of aliphatic hydroxyl groups is 1. The van der Waals surface area contributed by atoms with Crippen molar-refractivity contribution in [1.29, 1.82) is 0 Å². The first-order chi connectivity index (χ1) is 11.9. The molecular formula is C15H21F4N5O. The Morgan fingerprint density at radius 2 is 1.76 bits per heavy atom. The second-order valence-corrected chi connectivity index (χ2v) is 6.11. The van der Waals surface area contributed by atoms with Crippen molar-refractivity contribution in [1.82, 2.24) is 15.0 Å². The number of nitrogens with zero attached hydrogens (tertiary/aromatic N) is 3. The zero-order chi connectivity index (χ0) is 19.7. The summed E-state index contributed by atoms with van der Waals surface area (Å²) in [6, 6.07) is -2.06. The molecule has 0 aromatic carbocycles. The lowest BCUT2D eigenvalue weighted by atomic mass is 9.96. The molecule has 1 aliphatic rings. The molecule has 0 saturated heterocycles. The molecule has 3 N–H and O–H groups in total. The SMILES string of the molecule is [2H]C1(O)CCCC(c2nc(NC(C)C)nc(N[C@H](C)C(F)(F)F)n2)=C1F. The van der Waals surface area contributed by atoms with Gasteiger partial charge in [-0.15, -0.1) is 0 Å². The lowest BCUT2D eigenvalue weighted by molar-refractivity contribution is -0.138. The number of rotatable bonds is 5. The van der Waals surface area contributed by atoms with Gasteiger partial charge >= 0.3 is 6.18 Å². The fourth-order valence-corrected chi connectivity index (χ4v) is 2.21. The Bertz CT molecular complexity index is 693. The van der Waals surface area contributed by atoms with Gasteiger partial charge in [-0.05, 0) is 40.0 Å². The minimum absolute atomic E-state index is 0.0266. The molecule has 1 aliphatic carbocycles. The maximum Gasteiger partial charge on any atom is 0.408 e. The van der Waals surface area contributed by atoms with Crippen molar-refractivity contribution < 1.29 is 24.0 Å². The fourth-order valence-electron chi connectivity index (χ4n) is 2.21. The second kappa shape index (κ2) is 7.51. The van der Waals surface area contributed by atoms with E-state index < -0.39 is 24.1 Å². The van der Waals surface area contributed by atoms with Crippen molar-refractivity contribution in [2.24, 2.45) is 0 Å². The Morgan fingerprint density at radius 1 is 1.16 bits per heavy atom. The number of anilines is 2. The third kappa shape index (κ3) is 5.00. The van der Waals surface area contributed by atoms with Gasteiger partial charge in [0.2, 0.25) is 11.9 Å². The highest BCUT2D eigenvalue weighted by Gasteiger charge is 2.36. The topological polar surface area (TPSA) is 83.0 Å². The molecule has 1 aromatic rings. The standard InChI is InChI=1S/C15H21F4N5O/c1-7(2)20-13-22-12(9-5-4-6-10(25)11(9)16)23-14(24-13)21-8(3)15(17,18)19/h7-8,10,25H,4-6H2,1-3H3,(H2,20,21,22,23,24)/t8-,10?/m1/s1/i10D. The normalized spacial score (nSPS) is 23.5. The molecule has 1 heterocycles. The van der Waals surface area contributed by atoms with Crippen LogP contribution in [-0.4, -0.2) is 44.4 Å². The molecule has 1 unspecified atom stereocenters. The summed E-state index contributed by atoms with van der Waals surface area (Å²) in [5, 5.41) is 14.8. The van der Waals surface area contributed by atoms with Crippen LogP contribution in [0.5, 0.6) is 0 Å². The van der Waals surface area contributed by atoms with Crippen LogP contribution >= 0.6 is 0 Å². The maximum absolute atomic E-state index is 14.4. The highest BCUT2D eigenvalue weighted by molar-refractivity contribution is 5.65. The number of alkyl halides is 3. The Kier molecular flexibility index (Phi) is 5.36. The first-order valence-corrected chi connectivity index (χ1v) is 7.88. The Morgan fingerprint density at radius 3 is 2.32 bits per heavy atom. The van der Waals surface area contributed by atoms with E-state index in [1.165, 1.54) is 0 Å².